The highest BCUT2D eigenvalue weighted by Crippen LogP contribution is 2.33. The molecule has 0 bridgehead atoms. The van der Waals surface area contributed by atoms with Crippen molar-refractivity contribution in [3.63, 3.8) is 0 Å². The first-order valence-electron chi connectivity index (χ1n) is 7.83. The van der Waals surface area contributed by atoms with Gasteiger partial charge in [0.1, 0.15) is 5.69 Å². The second-order valence-electron chi connectivity index (χ2n) is 5.92. The molecule has 4 rings (SSSR count). The molecule has 6 heteroatoms. The molecule has 0 N–H and O–H groups in total. The van der Waals surface area contributed by atoms with Crippen molar-refractivity contribution in [1.29, 1.82) is 0 Å². The molecule has 1 aliphatic rings. The second kappa shape index (κ2) is 5.96. The van der Waals surface area contributed by atoms with Crippen molar-refractivity contribution in [2.75, 3.05) is 6.54 Å². The molecule has 1 saturated heterocycles. The van der Waals surface area contributed by atoms with Crippen LogP contribution < -0.4 is 0 Å². The highest BCUT2D eigenvalue weighted by molar-refractivity contribution is 5.57. The van der Waals surface area contributed by atoms with Crippen LogP contribution in [0.3, 0.4) is 0 Å². The fourth-order valence-electron chi connectivity index (χ4n) is 3.12. The summed E-state index contributed by atoms with van der Waals surface area (Å²) < 4.78 is 10.9. The summed E-state index contributed by atoms with van der Waals surface area (Å²) in [5.41, 5.74) is 2.70. The summed E-state index contributed by atoms with van der Waals surface area (Å²) in [7, 11) is 0. The zero-order valence-electron chi connectivity index (χ0n) is 13.0. The van der Waals surface area contributed by atoms with Gasteiger partial charge in [-0.05, 0) is 38.4 Å². The van der Waals surface area contributed by atoms with Gasteiger partial charge < -0.3 is 9.05 Å². The van der Waals surface area contributed by atoms with Crippen molar-refractivity contribution < 1.29 is 9.05 Å². The zero-order valence-corrected chi connectivity index (χ0v) is 13.0. The van der Waals surface area contributed by atoms with Crippen LogP contribution in [0.4, 0.5) is 0 Å². The summed E-state index contributed by atoms with van der Waals surface area (Å²) >= 11 is 0. The third-order valence-corrected chi connectivity index (χ3v) is 4.21. The van der Waals surface area contributed by atoms with Gasteiger partial charge in [-0.15, -0.1) is 0 Å². The summed E-state index contributed by atoms with van der Waals surface area (Å²) in [5.74, 6) is 1.79. The summed E-state index contributed by atoms with van der Waals surface area (Å²) in [6.07, 6.45) is 5.77. The molecular weight excluding hydrogens is 292 g/mol. The third kappa shape index (κ3) is 2.90. The Hall–Kier alpha value is -2.47. The third-order valence-electron chi connectivity index (χ3n) is 4.21. The van der Waals surface area contributed by atoms with Crippen LogP contribution in [-0.4, -0.2) is 26.7 Å². The highest BCUT2D eigenvalue weighted by Gasteiger charge is 2.30. The molecule has 0 unspecified atom stereocenters. The number of pyridine rings is 1. The topological polar surface area (TPSA) is 68.2 Å². The smallest absolute Gasteiger partial charge is 0.154 e. The lowest BCUT2D eigenvalue weighted by molar-refractivity contribution is 0.187. The standard InChI is InChI=1S/C17H18N4O2/c1-12-8-17(23-19-12)16-5-3-7-21(16)11-14-9-15(20-22-14)13-4-2-6-18-10-13/h2,4,6,8-10,16H,3,5,7,11H2,1H3/t16-/m0/s1. The van der Waals surface area contributed by atoms with Crippen molar-refractivity contribution in [2.24, 2.45) is 0 Å². The number of likely N-dealkylation sites (tertiary alicyclic amines) is 1. The van der Waals surface area contributed by atoms with Gasteiger partial charge in [-0.25, -0.2) is 0 Å². The molecule has 1 atom stereocenters. The number of aromatic nitrogens is 3. The number of aryl methyl sites for hydroxylation is 1. The van der Waals surface area contributed by atoms with E-state index < -0.39 is 0 Å². The maximum atomic E-state index is 5.50. The van der Waals surface area contributed by atoms with Gasteiger partial charge >= 0.3 is 0 Å². The van der Waals surface area contributed by atoms with E-state index in [-0.39, 0.29) is 6.04 Å². The normalized spacial score (nSPS) is 18.6. The van der Waals surface area contributed by atoms with Crippen molar-refractivity contribution in [3.05, 3.63) is 53.9 Å². The predicted molar refractivity (Wildman–Crippen MR) is 83.4 cm³/mol. The Kier molecular flexibility index (Phi) is 3.67. The van der Waals surface area contributed by atoms with E-state index in [0.717, 1.165) is 54.4 Å². The molecule has 0 aliphatic carbocycles. The molecule has 3 aromatic heterocycles. The molecule has 0 spiro atoms. The molecular formula is C17H18N4O2. The van der Waals surface area contributed by atoms with Crippen molar-refractivity contribution in [1.82, 2.24) is 20.2 Å². The van der Waals surface area contributed by atoms with E-state index in [4.69, 9.17) is 9.05 Å². The SMILES string of the molecule is Cc1cc([C@@H]2CCCN2Cc2cc(-c3cccnc3)no2)on1. The molecule has 3 aromatic rings. The van der Waals surface area contributed by atoms with E-state index in [1.165, 1.54) is 0 Å². The molecule has 0 saturated carbocycles. The first kappa shape index (κ1) is 14.1. The number of rotatable bonds is 4. The second-order valence-corrected chi connectivity index (χ2v) is 5.92. The van der Waals surface area contributed by atoms with Gasteiger partial charge in [-0.3, -0.25) is 9.88 Å². The minimum Gasteiger partial charge on any atom is -0.359 e. The van der Waals surface area contributed by atoms with Crippen molar-refractivity contribution in [2.45, 2.75) is 32.4 Å². The van der Waals surface area contributed by atoms with Crippen LogP contribution in [-0.2, 0) is 6.54 Å². The monoisotopic (exact) mass is 310 g/mol. The van der Waals surface area contributed by atoms with E-state index in [0.29, 0.717) is 0 Å². The van der Waals surface area contributed by atoms with Crippen LogP contribution in [0.15, 0.2) is 45.7 Å². The molecule has 0 aromatic carbocycles. The van der Waals surface area contributed by atoms with E-state index >= 15 is 0 Å². The van der Waals surface area contributed by atoms with Crippen LogP contribution in [0.5, 0.6) is 0 Å². The Balaban J connectivity index is 1.50. The summed E-state index contributed by atoms with van der Waals surface area (Å²) in [6, 6.07) is 8.14. The zero-order chi connectivity index (χ0) is 15.6. The quantitative estimate of drug-likeness (QED) is 0.736. The van der Waals surface area contributed by atoms with Crippen LogP contribution in [0.25, 0.3) is 11.3 Å². The Bertz CT molecular complexity index is 781. The molecule has 1 fully saturated rings. The number of hydrogen-bond donors (Lipinski definition) is 0. The lowest BCUT2D eigenvalue weighted by Crippen LogP contribution is -2.22. The fourth-order valence-corrected chi connectivity index (χ4v) is 3.12. The van der Waals surface area contributed by atoms with Gasteiger partial charge in [0, 0.05) is 30.1 Å². The van der Waals surface area contributed by atoms with Gasteiger partial charge in [0.15, 0.2) is 11.5 Å². The molecule has 0 amide bonds. The van der Waals surface area contributed by atoms with Gasteiger partial charge in [-0.2, -0.15) is 0 Å². The summed E-state index contributed by atoms with van der Waals surface area (Å²) in [4.78, 5) is 6.47. The molecule has 23 heavy (non-hydrogen) atoms. The van der Waals surface area contributed by atoms with Crippen LogP contribution >= 0.6 is 0 Å². The van der Waals surface area contributed by atoms with Crippen LogP contribution in [0, 0.1) is 6.92 Å². The van der Waals surface area contributed by atoms with E-state index in [1.807, 2.05) is 31.2 Å². The minimum absolute atomic E-state index is 0.267. The van der Waals surface area contributed by atoms with Gasteiger partial charge in [-0.1, -0.05) is 10.3 Å². The Morgan fingerprint density at radius 1 is 1.26 bits per heavy atom. The average Bonchev–Trinajstić information content (AvgIpc) is 3.29. The molecule has 118 valence electrons. The number of nitrogens with zero attached hydrogens (tertiary/aromatic N) is 4. The largest absolute Gasteiger partial charge is 0.359 e. The van der Waals surface area contributed by atoms with E-state index in [2.05, 4.69) is 20.2 Å². The highest BCUT2D eigenvalue weighted by atomic mass is 16.5. The lowest BCUT2D eigenvalue weighted by atomic mass is 10.1. The molecule has 6 nitrogen and oxygen atoms in total. The Morgan fingerprint density at radius 2 is 2.22 bits per heavy atom. The van der Waals surface area contributed by atoms with E-state index in [1.54, 1.807) is 12.4 Å². The Morgan fingerprint density at radius 3 is 3.00 bits per heavy atom. The molecule has 4 heterocycles. The fraction of sp³-hybridized carbons (Fsp3) is 0.353. The number of hydrogen-bond acceptors (Lipinski definition) is 6. The van der Waals surface area contributed by atoms with Gasteiger partial charge in [0.05, 0.1) is 18.3 Å². The summed E-state index contributed by atoms with van der Waals surface area (Å²) in [6.45, 7) is 3.69. The van der Waals surface area contributed by atoms with Crippen LogP contribution in [0.1, 0.15) is 36.1 Å². The van der Waals surface area contributed by atoms with Crippen molar-refractivity contribution >= 4 is 0 Å². The van der Waals surface area contributed by atoms with Gasteiger partial charge in [0.2, 0.25) is 0 Å². The first-order chi connectivity index (χ1) is 11.3. The molecule has 1 aliphatic heterocycles. The molecule has 0 radical (unpaired) electrons. The predicted octanol–water partition coefficient (Wildman–Crippen LogP) is 3.37. The first-order valence-corrected chi connectivity index (χ1v) is 7.83. The average molecular weight is 310 g/mol. The van der Waals surface area contributed by atoms with E-state index in [9.17, 15) is 0 Å². The maximum absolute atomic E-state index is 5.50. The van der Waals surface area contributed by atoms with Crippen molar-refractivity contribution in [3.8, 4) is 11.3 Å². The maximum Gasteiger partial charge on any atom is 0.154 e. The van der Waals surface area contributed by atoms with Gasteiger partial charge in [0.25, 0.3) is 0 Å². The van der Waals surface area contributed by atoms with Crippen LogP contribution in [0.2, 0.25) is 0 Å². The summed E-state index contributed by atoms with van der Waals surface area (Å²) in [5, 5.41) is 8.16. The Labute approximate surface area is 134 Å². The minimum atomic E-state index is 0.267. The lowest BCUT2D eigenvalue weighted by Gasteiger charge is -2.20.